The first-order valence-electron chi connectivity index (χ1n) is 5.24. The fourth-order valence-corrected chi connectivity index (χ4v) is 1.39. The second-order valence-corrected chi connectivity index (χ2v) is 3.46. The third-order valence-electron chi connectivity index (χ3n) is 2.25. The molecule has 84 valence electrons. The van der Waals surface area contributed by atoms with Crippen molar-refractivity contribution in [2.45, 2.75) is 0 Å². The van der Waals surface area contributed by atoms with E-state index in [9.17, 15) is 0 Å². The van der Waals surface area contributed by atoms with E-state index in [2.05, 4.69) is 9.97 Å². The molecule has 1 heterocycles. The van der Waals surface area contributed by atoms with Crippen LogP contribution in [0.4, 0.5) is 0 Å². The topological polar surface area (TPSA) is 73.4 Å². The van der Waals surface area contributed by atoms with Gasteiger partial charge in [0.05, 0.1) is 11.9 Å². The summed E-state index contributed by atoms with van der Waals surface area (Å²) in [5.74, 6) is 0. The second kappa shape index (κ2) is 5.38. The number of rotatable bonds is 2. The highest BCUT2D eigenvalue weighted by molar-refractivity contribution is 5.67. The quantitative estimate of drug-likeness (QED) is 0.796. The smallest absolute Gasteiger partial charge is 0.177 e. The van der Waals surface area contributed by atoms with Crippen molar-refractivity contribution < 1.29 is 0 Å². The Morgan fingerprint density at radius 1 is 0.944 bits per heavy atom. The molecule has 0 saturated carbocycles. The first kappa shape index (κ1) is 11.5. The Hall–Kier alpha value is -2.98. The molecule has 1 aromatic heterocycles. The summed E-state index contributed by atoms with van der Waals surface area (Å²) in [6.45, 7) is 0. The SMILES string of the molecule is N#Cc1ncc(/C=C/c2ccccc2)nc1C#N. The van der Waals surface area contributed by atoms with Gasteiger partial charge in [0.1, 0.15) is 12.1 Å². The zero-order valence-electron chi connectivity index (χ0n) is 9.41. The maximum Gasteiger partial charge on any atom is 0.177 e. The van der Waals surface area contributed by atoms with E-state index in [1.165, 1.54) is 6.20 Å². The van der Waals surface area contributed by atoms with Crippen LogP contribution in [0.2, 0.25) is 0 Å². The van der Waals surface area contributed by atoms with Crippen molar-refractivity contribution >= 4 is 12.2 Å². The number of aromatic nitrogens is 2. The lowest BCUT2D eigenvalue weighted by atomic mass is 10.2. The molecule has 0 aliphatic rings. The minimum absolute atomic E-state index is 0.0488. The van der Waals surface area contributed by atoms with Crippen molar-refractivity contribution in [3.8, 4) is 12.1 Å². The minimum atomic E-state index is 0.0488. The third-order valence-corrected chi connectivity index (χ3v) is 2.25. The summed E-state index contributed by atoms with van der Waals surface area (Å²) >= 11 is 0. The molecule has 0 spiro atoms. The highest BCUT2D eigenvalue weighted by Crippen LogP contribution is 2.07. The van der Waals surface area contributed by atoms with Gasteiger partial charge in [-0.3, -0.25) is 0 Å². The van der Waals surface area contributed by atoms with Gasteiger partial charge in [-0.15, -0.1) is 0 Å². The van der Waals surface area contributed by atoms with Crippen LogP contribution in [-0.2, 0) is 0 Å². The van der Waals surface area contributed by atoms with Crippen LogP contribution in [0.5, 0.6) is 0 Å². The Balaban J connectivity index is 2.29. The zero-order chi connectivity index (χ0) is 12.8. The van der Waals surface area contributed by atoms with Crippen LogP contribution in [0, 0.1) is 22.7 Å². The van der Waals surface area contributed by atoms with Gasteiger partial charge < -0.3 is 0 Å². The fraction of sp³-hybridized carbons (Fsp3) is 0. The summed E-state index contributed by atoms with van der Waals surface area (Å²) in [6.07, 6.45) is 5.10. The van der Waals surface area contributed by atoms with Crippen LogP contribution in [0.3, 0.4) is 0 Å². The van der Waals surface area contributed by atoms with Crippen LogP contribution in [-0.4, -0.2) is 9.97 Å². The van der Waals surface area contributed by atoms with E-state index in [1.54, 1.807) is 6.08 Å². The second-order valence-electron chi connectivity index (χ2n) is 3.46. The number of hydrogen-bond acceptors (Lipinski definition) is 4. The average molecular weight is 232 g/mol. The molecule has 4 nitrogen and oxygen atoms in total. The molecule has 0 N–H and O–H groups in total. The van der Waals surface area contributed by atoms with Gasteiger partial charge in [-0.1, -0.05) is 36.4 Å². The van der Waals surface area contributed by atoms with E-state index in [-0.39, 0.29) is 11.4 Å². The zero-order valence-corrected chi connectivity index (χ0v) is 9.41. The summed E-state index contributed by atoms with van der Waals surface area (Å²) in [7, 11) is 0. The molecular weight excluding hydrogens is 224 g/mol. The van der Waals surface area contributed by atoms with Gasteiger partial charge in [0.25, 0.3) is 0 Å². The van der Waals surface area contributed by atoms with Crippen LogP contribution in [0.25, 0.3) is 12.2 Å². The molecule has 4 heteroatoms. The number of benzene rings is 1. The van der Waals surface area contributed by atoms with Crippen LogP contribution in [0.1, 0.15) is 22.6 Å². The number of nitriles is 2. The Labute approximate surface area is 104 Å². The summed E-state index contributed by atoms with van der Waals surface area (Å²) in [6, 6.07) is 13.4. The summed E-state index contributed by atoms with van der Waals surface area (Å²) < 4.78 is 0. The monoisotopic (exact) mass is 232 g/mol. The highest BCUT2D eigenvalue weighted by Gasteiger charge is 2.04. The van der Waals surface area contributed by atoms with Crippen molar-refractivity contribution in [3.63, 3.8) is 0 Å². The Kier molecular flexibility index (Phi) is 3.44. The van der Waals surface area contributed by atoms with Gasteiger partial charge >= 0.3 is 0 Å². The molecular formula is C14H8N4. The van der Waals surface area contributed by atoms with Gasteiger partial charge in [-0.2, -0.15) is 10.5 Å². The lowest BCUT2D eigenvalue weighted by Gasteiger charge is -1.95. The fourth-order valence-electron chi connectivity index (χ4n) is 1.39. The Morgan fingerprint density at radius 2 is 1.67 bits per heavy atom. The van der Waals surface area contributed by atoms with E-state index in [0.29, 0.717) is 5.69 Å². The van der Waals surface area contributed by atoms with Crippen LogP contribution >= 0.6 is 0 Å². The predicted octanol–water partition coefficient (Wildman–Crippen LogP) is 2.39. The largest absolute Gasteiger partial charge is 0.240 e. The van der Waals surface area contributed by atoms with Gasteiger partial charge in [0, 0.05) is 0 Å². The minimum Gasteiger partial charge on any atom is -0.240 e. The van der Waals surface area contributed by atoms with E-state index in [4.69, 9.17) is 10.5 Å². The maximum atomic E-state index is 8.83. The third kappa shape index (κ3) is 2.58. The number of hydrogen-bond donors (Lipinski definition) is 0. The highest BCUT2D eigenvalue weighted by atomic mass is 14.8. The van der Waals surface area contributed by atoms with Gasteiger partial charge in [-0.05, 0) is 11.6 Å². The van der Waals surface area contributed by atoms with E-state index < -0.39 is 0 Å². The molecule has 2 aromatic rings. The van der Waals surface area contributed by atoms with Crippen LogP contribution < -0.4 is 0 Å². The first-order valence-corrected chi connectivity index (χ1v) is 5.24. The molecule has 0 saturated heterocycles. The molecule has 18 heavy (non-hydrogen) atoms. The lowest BCUT2D eigenvalue weighted by molar-refractivity contribution is 1.11. The summed E-state index contributed by atoms with van der Waals surface area (Å²) in [4.78, 5) is 7.93. The normalized spacial score (nSPS) is 9.89. The standard InChI is InChI=1S/C14H8N4/c15-8-13-14(9-16)18-12(10-17-13)7-6-11-4-2-1-3-5-11/h1-7,10H/b7-6+. The molecule has 0 atom stereocenters. The van der Waals surface area contributed by atoms with E-state index >= 15 is 0 Å². The predicted molar refractivity (Wildman–Crippen MR) is 66.8 cm³/mol. The van der Waals surface area contributed by atoms with Crippen molar-refractivity contribution in [2.75, 3.05) is 0 Å². The summed E-state index contributed by atoms with van der Waals surface area (Å²) in [5.41, 5.74) is 1.68. The van der Waals surface area contributed by atoms with E-state index in [1.807, 2.05) is 48.5 Å². The first-order chi connectivity index (χ1) is 8.83. The Morgan fingerprint density at radius 3 is 2.33 bits per heavy atom. The van der Waals surface area contributed by atoms with Gasteiger partial charge in [0.15, 0.2) is 11.4 Å². The summed E-state index contributed by atoms with van der Waals surface area (Å²) in [5, 5.41) is 17.6. The number of nitrogens with zero attached hydrogens (tertiary/aromatic N) is 4. The molecule has 0 radical (unpaired) electrons. The molecule has 0 aliphatic carbocycles. The van der Waals surface area contributed by atoms with E-state index in [0.717, 1.165) is 5.56 Å². The van der Waals surface area contributed by atoms with Crippen molar-refractivity contribution in [1.29, 1.82) is 10.5 Å². The van der Waals surface area contributed by atoms with Crippen molar-refractivity contribution in [3.05, 3.63) is 59.2 Å². The molecule has 0 amide bonds. The van der Waals surface area contributed by atoms with Crippen molar-refractivity contribution in [1.82, 2.24) is 9.97 Å². The Bertz CT molecular complexity index is 660. The molecule has 1 aromatic carbocycles. The maximum absolute atomic E-state index is 8.83. The average Bonchev–Trinajstić information content (AvgIpc) is 2.45. The van der Waals surface area contributed by atoms with Crippen molar-refractivity contribution in [2.24, 2.45) is 0 Å². The molecule has 0 bridgehead atoms. The molecule has 0 fully saturated rings. The molecule has 0 aliphatic heterocycles. The van der Waals surface area contributed by atoms with Crippen LogP contribution in [0.15, 0.2) is 36.5 Å². The molecule has 2 rings (SSSR count). The van der Waals surface area contributed by atoms with Gasteiger partial charge in [0.2, 0.25) is 0 Å². The van der Waals surface area contributed by atoms with Gasteiger partial charge in [-0.25, -0.2) is 9.97 Å². The molecule has 0 unspecified atom stereocenters. The lowest BCUT2D eigenvalue weighted by Crippen LogP contribution is -1.95.